The third kappa shape index (κ3) is 1.67. The van der Waals surface area contributed by atoms with Crippen LogP contribution in [0.25, 0.3) is 10.9 Å². The average molecular weight is 315 g/mol. The second-order valence-electron chi connectivity index (χ2n) is 7.19. The van der Waals surface area contributed by atoms with Gasteiger partial charge in [-0.25, -0.2) is 4.39 Å². The number of hydrogen-bond acceptors (Lipinski definition) is 4. The highest BCUT2D eigenvalue weighted by Crippen LogP contribution is 2.51. The van der Waals surface area contributed by atoms with Crippen molar-refractivity contribution >= 4 is 16.6 Å². The minimum absolute atomic E-state index is 0.0650. The zero-order valence-corrected chi connectivity index (χ0v) is 12.9. The number of ether oxygens (including phenoxy) is 1. The quantitative estimate of drug-likeness (QED) is 0.869. The zero-order chi connectivity index (χ0) is 15.9. The number of pyridine rings is 1. The fraction of sp³-hybridized carbons (Fsp3) is 0.471. The van der Waals surface area contributed by atoms with E-state index in [9.17, 15) is 9.18 Å². The Morgan fingerprint density at radius 3 is 3.00 bits per heavy atom. The molecule has 3 atom stereocenters. The molecule has 2 aliphatic heterocycles. The van der Waals surface area contributed by atoms with Gasteiger partial charge in [-0.15, -0.1) is 0 Å². The molecule has 0 bridgehead atoms. The lowest BCUT2D eigenvalue weighted by atomic mass is 10.1. The second kappa shape index (κ2) is 4.06. The first kappa shape index (κ1) is 13.4. The number of rotatable bonds is 1. The summed E-state index contributed by atoms with van der Waals surface area (Å²) in [5.74, 6) is 0.614. The fourth-order valence-corrected chi connectivity index (χ4v) is 4.20. The van der Waals surface area contributed by atoms with Crippen LogP contribution in [0, 0.1) is 11.7 Å². The Balaban J connectivity index is 1.78. The van der Waals surface area contributed by atoms with E-state index in [1.165, 1.54) is 12.1 Å². The highest BCUT2D eigenvalue weighted by molar-refractivity contribution is 5.92. The molecule has 1 aromatic heterocycles. The smallest absolute Gasteiger partial charge is 0.251 e. The summed E-state index contributed by atoms with van der Waals surface area (Å²) in [6.45, 7) is 3.70. The Morgan fingerprint density at radius 1 is 1.43 bits per heavy atom. The van der Waals surface area contributed by atoms with Crippen molar-refractivity contribution in [1.29, 1.82) is 0 Å². The normalized spacial score (nSPS) is 31.2. The van der Waals surface area contributed by atoms with E-state index in [-0.39, 0.29) is 23.0 Å². The van der Waals surface area contributed by atoms with Crippen molar-refractivity contribution in [2.24, 2.45) is 11.7 Å². The maximum atomic E-state index is 14.8. The first-order chi connectivity index (χ1) is 11.0. The van der Waals surface area contributed by atoms with Crippen molar-refractivity contribution in [3.8, 4) is 5.75 Å². The molecule has 0 amide bonds. The van der Waals surface area contributed by atoms with Gasteiger partial charge in [0.05, 0.1) is 11.6 Å². The van der Waals surface area contributed by atoms with Gasteiger partial charge in [0.15, 0.2) is 11.6 Å². The third-order valence-corrected chi connectivity index (χ3v) is 5.53. The number of hydrogen-bond donors (Lipinski definition) is 1. The molecular weight excluding hydrogens is 297 g/mol. The van der Waals surface area contributed by atoms with Crippen LogP contribution in [0.4, 0.5) is 10.1 Å². The summed E-state index contributed by atoms with van der Waals surface area (Å²) < 4.78 is 22.4. The number of anilines is 1. The highest BCUT2D eigenvalue weighted by atomic mass is 19.1. The molecule has 1 saturated heterocycles. The Hall–Kier alpha value is -2.08. The maximum Gasteiger partial charge on any atom is 0.251 e. The second-order valence-corrected chi connectivity index (χ2v) is 7.19. The van der Waals surface area contributed by atoms with Crippen LogP contribution in [0.1, 0.15) is 19.4 Å². The average Bonchev–Trinajstić information content (AvgIpc) is 3.02. The van der Waals surface area contributed by atoms with E-state index in [0.717, 1.165) is 13.0 Å². The number of nitrogens with zero attached hydrogens (tertiary/aromatic N) is 2. The van der Waals surface area contributed by atoms with Crippen LogP contribution in [0.2, 0.25) is 0 Å². The van der Waals surface area contributed by atoms with E-state index >= 15 is 0 Å². The van der Waals surface area contributed by atoms with Crippen molar-refractivity contribution < 1.29 is 9.13 Å². The van der Waals surface area contributed by atoms with Gasteiger partial charge in [0.2, 0.25) is 0 Å². The van der Waals surface area contributed by atoms with Gasteiger partial charge in [-0.05, 0) is 31.4 Å². The molecule has 3 heterocycles. The van der Waals surface area contributed by atoms with Crippen LogP contribution >= 0.6 is 0 Å². The standard InChI is InChI=1S/C17H18FN3O2/c1-9-7-23-16-14-10(2-3-13(22)21(9)14)4-12(18)15(16)20-6-11-5-17(11,19)8-20/h2-4,9,11H,5-8,19H2,1H3/t9-,11?,17?/m0/s1. The molecule has 5 nitrogen and oxygen atoms in total. The third-order valence-electron chi connectivity index (χ3n) is 5.53. The molecule has 1 saturated carbocycles. The van der Waals surface area contributed by atoms with Gasteiger partial charge in [-0.3, -0.25) is 9.36 Å². The molecular formula is C17H18FN3O2. The van der Waals surface area contributed by atoms with Crippen LogP contribution in [-0.2, 0) is 0 Å². The summed E-state index contributed by atoms with van der Waals surface area (Å²) in [4.78, 5) is 14.3. The van der Waals surface area contributed by atoms with Crippen molar-refractivity contribution in [3.05, 3.63) is 34.4 Å². The zero-order valence-electron chi connectivity index (χ0n) is 12.9. The van der Waals surface area contributed by atoms with Gasteiger partial charge >= 0.3 is 0 Å². The lowest BCUT2D eigenvalue weighted by molar-refractivity contribution is 0.244. The largest absolute Gasteiger partial charge is 0.487 e. The van der Waals surface area contributed by atoms with Gasteiger partial charge in [-0.2, -0.15) is 0 Å². The maximum absolute atomic E-state index is 14.8. The van der Waals surface area contributed by atoms with Crippen LogP contribution in [0.3, 0.4) is 0 Å². The van der Waals surface area contributed by atoms with E-state index < -0.39 is 0 Å². The van der Waals surface area contributed by atoms with E-state index in [0.29, 0.717) is 41.4 Å². The minimum atomic E-state index is -0.308. The Kier molecular flexibility index (Phi) is 2.36. The SMILES string of the molecule is C[C@H]1COc2c(N3CC4CC4(N)C3)c(F)cc3ccc(=O)n1c23. The molecule has 1 aliphatic carbocycles. The van der Waals surface area contributed by atoms with Gasteiger partial charge in [0.1, 0.15) is 12.3 Å². The van der Waals surface area contributed by atoms with E-state index in [4.69, 9.17) is 10.5 Å². The number of piperidine rings is 1. The molecule has 2 fully saturated rings. The van der Waals surface area contributed by atoms with E-state index in [1.54, 1.807) is 10.6 Å². The number of aromatic nitrogens is 1. The summed E-state index contributed by atoms with van der Waals surface area (Å²) in [5.41, 5.74) is 7.17. The lowest BCUT2D eigenvalue weighted by Crippen LogP contribution is -2.35. The number of benzene rings is 1. The lowest BCUT2D eigenvalue weighted by Gasteiger charge is -2.31. The molecule has 0 spiro atoms. The first-order valence-corrected chi connectivity index (χ1v) is 8.02. The van der Waals surface area contributed by atoms with Gasteiger partial charge in [-0.1, -0.05) is 0 Å². The highest BCUT2D eigenvalue weighted by Gasteiger charge is 2.58. The van der Waals surface area contributed by atoms with Crippen molar-refractivity contribution in [2.75, 3.05) is 24.6 Å². The summed E-state index contributed by atoms with van der Waals surface area (Å²) >= 11 is 0. The molecule has 2 aromatic rings. The summed E-state index contributed by atoms with van der Waals surface area (Å²) in [5, 5.41) is 0.694. The molecule has 6 heteroatoms. The molecule has 3 aliphatic rings. The van der Waals surface area contributed by atoms with Gasteiger partial charge < -0.3 is 15.4 Å². The topological polar surface area (TPSA) is 60.5 Å². The van der Waals surface area contributed by atoms with Crippen LogP contribution in [0.5, 0.6) is 5.75 Å². The predicted molar refractivity (Wildman–Crippen MR) is 85.6 cm³/mol. The molecule has 1 aromatic carbocycles. The molecule has 2 unspecified atom stereocenters. The molecule has 23 heavy (non-hydrogen) atoms. The monoisotopic (exact) mass is 315 g/mol. The fourth-order valence-electron chi connectivity index (χ4n) is 4.20. The van der Waals surface area contributed by atoms with Crippen LogP contribution in [0.15, 0.2) is 23.0 Å². The molecule has 5 rings (SSSR count). The predicted octanol–water partition coefficient (Wildman–Crippen LogP) is 1.63. The summed E-state index contributed by atoms with van der Waals surface area (Å²) in [7, 11) is 0. The molecule has 0 radical (unpaired) electrons. The Morgan fingerprint density at radius 2 is 2.26 bits per heavy atom. The van der Waals surface area contributed by atoms with Gasteiger partial charge in [0.25, 0.3) is 5.56 Å². The van der Waals surface area contributed by atoms with Crippen LogP contribution < -0.4 is 20.9 Å². The minimum Gasteiger partial charge on any atom is -0.487 e. The van der Waals surface area contributed by atoms with Gasteiger partial charge in [0, 0.05) is 30.1 Å². The van der Waals surface area contributed by atoms with Crippen molar-refractivity contribution in [2.45, 2.75) is 24.9 Å². The van der Waals surface area contributed by atoms with E-state index in [1.807, 2.05) is 11.8 Å². The summed E-state index contributed by atoms with van der Waals surface area (Å²) in [6.07, 6.45) is 1.01. The van der Waals surface area contributed by atoms with Crippen molar-refractivity contribution in [3.63, 3.8) is 0 Å². The number of halogens is 1. The Labute approximate surface area is 132 Å². The first-order valence-electron chi connectivity index (χ1n) is 8.02. The molecule has 2 N–H and O–H groups in total. The summed E-state index contributed by atoms with van der Waals surface area (Å²) in [6, 6.07) is 4.59. The molecule has 120 valence electrons. The van der Waals surface area contributed by atoms with Crippen molar-refractivity contribution in [1.82, 2.24) is 4.57 Å². The number of nitrogens with two attached hydrogens (primary N) is 1. The number of fused-ring (bicyclic) bond motifs is 1. The Bertz CT molecular complexity index is 909. The van der Waals surface area contributed by atoms with Crippen LogP contribution in [-0.4, -0.2) is 29.8 Å². The van der Waals surface area contributed by atoms with E-state index in [2.05, 4.69) is 0 Å².